The molecule has 0 spiro atoms. The molecule has 3 aliphatic rings. The first kappa shape index (κ1) is 24.2. The molecule has 3 nitrogen and oxygen atoms in total. The maximum Gasteiger partial charge on any atom is 0.208 e. The molecule has 0 saturated carbocycles. The predicted molar refractivity (Wildman–Crippen MR) is 168 cm³/mol. The summed E-state index contributed by atoms with van der Waals surface area (Å²) in [4.78, 5) is 5.41. The van der Waals surface area contributed by atoms with Crippen molar-refractivity contribution >= 4 is 29.4 Å². The number of aliphatic imine (C=N–C) groups is 1. The Balaban J connectivity index is 0.00000130. The van der Waals surface area contributed by atoms with Crippen molar-refractivity contribution in [3.63, 3.8) is 0 Å². The lowest BCUT2D eigenvalue weighted by atomic mass is 9.88. The Hall–Kier alpha value is -4.89. The Morgan fingerprint density at radius 3 is 2.17 bits per heavy atom. The molecule has 1 aliphatic heterocycles. The van der Waals surface area contributed by atoms with Crippen molar-refractivity contribution in [2.75, 3.05) is 5.32 Å². The fourth-order valence-corrected chi connectivity index (χ4v) is 6.16. The number of hydrogen-bond acceptors (Lipinski definition) is 2. The van der Waals surface area contributed by atoms with E-state index in [1.54, 1.807) is 0 Å². The van der Waals surface area contributed by atoms with Crippen molar-refractivity contribution < 1.29 is 0 Å². The zero-order valence-electron chi connectivity index (χ0n) is 22.8. The lowest BCUT2D eigenvalue weighted by molar-refractivity contribution is 0.845. The van der Waals surface area contributed by atoms with Crippen LogP contribution >= 0.6 is 0 Å². The van der Waals surface area contributed by atoms with Gasteiger partial charge in [-0.15, -0.1) is 0 Å². The van der Waals surface area contributed by atoms with Crippen LogP contribution in [0.1, 0.15) is 59.3 Å². The topological polar surface area (TPSA) is 29.3 Å². The van der Waals surface area contributed by atoms with Gasteiger partial charge < -0.3 is 5.32 Å². The number of anilines is 1. The Morgan fingerprint density at radius 2 is 1.38 bits per heavy atom. The highest BCUT2D eigenvalue weighted by molar-refractivity contribution is 6.06. The Morgan fingerprint density at radius 1 is 0.700 bits per heavy atom. The van der Waals surface area contributed by atoms with Gasteiger partial charge >= 0.3 is 0 Å². The van der Waals surface area contributed by atoms with Crippen LogP contribution in [0.25, 0.3) is 29.0 Å². The van der Waals surface area contributed by atoms with Crippen molar-refractivity contribution in [2.24, 2.45) is 4.99 Å². The molecule has 5 aromatic rings. The van der Waals surface area contributed by atoms with Crippen LogP contribution in [0, 0.1) is 0 Å². The van der Waals surface area contributed by atoms with Gasteiger partial charge in [-0.3, -0.25) is 4.57 Å². The summed E-state index contributed by atoms with van der Waals surface area (Å²) in [6, 6.07) is 40.7. The van der Waals surface area contributed by atoms with Gasteiger partial charge in [0.05, 0.1) is 11.4 Å². The van der Waals surface area contributed by atoms with E-state index in [2.05, 4.69) is 143 Å². The average molecular weight is 518 g/mol. The fourth-order valence-electron chi connectivity index (χ4n) is 6.16. The number of aromatic nitrogens is 1. The lowest BCUT2D eigenvalue weighted by Gasteiger charge is -2.29. The molecular formula is C37H31N3. The second-order valence-corrected chi connectivity index (χ2v) is 10.1. The molecule has 2 unspecified atom stereocenters. The first-order valence-electron chi connectivity index (χ1n) is 14.1. The highest BCUT2D eigenvalue weighted by Gasteiger charge is 2.34. The molecule has 3 heteroatoms. The number of rotatable bonds is 2. The number of fused-ring (bicyclic) bond motifs is 6. The van der Waals surface area contributed by atoms with Crippen LogP contribution < -0.4 is 5.32 Å². The van der Waals surface area contributed by atoms with Gasteiger partial charge in [0.1, 0.15) is 6.04 Å². The van der Waals surface area contributed by atoms with Gasteiger partial charge in [0, 0.05) is 22.7 Å². The van der Waals surface area contributed by atoms with E-state index in [4.69, 9.17) is 4.99 Å². The van der Waals surface area contributed by atoms with Crippen LogP contribution in [-0.4, -0.2) is 10.5 Å². The molecule has 0 bridgehead atoms. The van der Waals surface area contributed by atoms with E-state index in [-0.39, 0.29) is 12.0 Å². The minimum absolute atomic E-state index is 0.0880. The van der Waals surface area contributed by atoms with Gasteiger partial charge in [-0.05, 0) is 46.0 Å². The molecule has 2 heterocycles. The molecule has 2 aliphatic carbocycles. The highest BCUT2D eigenvalue weighted by atomic mass is 15.2. The monoisotopic (exact) mass is 517 g/mol. The molecule has 8 rings (SSSR count). The standard InChI is InChI=1S/C35H25N3.C2H6/c1-3-11-23(12-4-1)32-22-26-19-20-28-27-16-8-7-15-25(27)21-30(28)34(26)38(32)35-36-31-18-10-9-17-29(31)33(37-35)24-13-5-2-6-14-24;1-2/h1-22,28,33H,(H,36,37);1-2H3. The normalized spacial score (nSPS) is 17.6. The Kier molecular flexibility index (Phi) is 6.05. The van der Waals surface area contributed by atoms with Gasteiger partial charge in [-0.2, -0.15) is 0 Å². The smallest absolute Gasteiger partial charge is 0.208 e. The van der Waals surface area contributed by atoms with Gasteiger partial charge in [0.15, 0.2) is 0 Å². The summed E-state index contributed by atoms with van der Waals surface area (Å²) in [5, 5.41) is 3.72. The molecule has 0 radical (unpaired) electrons. The molecule has 0 fully saturated rings. The van der Waals surface area contributed by atoms with E-state index in [1.165, 1.54) is 44.6 Å². The van der Waals surface area contributed by atoms with Crippen LogP contribution in [-0.2, 0) is 0 Å². The maximum atomic E-state index is 5.41. The first-order chi connectivity index (χ1) is 19.8. The molecule has 0 saturated heterocycles. The van der Waals surface area contributed by atoms with Gasteiger partial charge in [-0.1, -0.05) is 129 Å². The zero-order chi connectivity index (χ0) is 27.1. The van der Waals surface area contributed by atoms with E-state index < -0.39 is 0 Å². The molecule has 0 amide bonds. The van der Waals surface area contributed by atoms with Crippen LogP contribution in [0.5, 0.6) is 0 Å². The number of allylic oxidation sites excluding steroid dienone is 2. The Bertz CT molecular complexity index is 1790. The lowest BCUT2D eigenvalue weighted by Crippen LogP contribution is -2.29. The van der Waals surface area contributed by atoms with Gasteiger partial charge in [0.25, 0.3) is 0 Å². The summed E-state index contributed by atoms with van der Waals surface area (Å²) in [6.07, 6.45) is 6.99. The highest BCUT2D eigenvalue weighted by Crippen LogP contribution is 2.49. The first-order valence-corrected chi connectivity index (χ1v) is 14.1. The molecule has 4 aromatic carbocycles. The number of nitrogens with zero attached hydrogens (tertiary/aromatic N) is 2. The van der Waals surface area contributed by atoms with Gasteiger partial charge in [-0.25, -0.2) is 4.99 Å². The second kappa shape index (κ2) is 10.0. The largest absolute Gasteiger partial charge is 0.325 e. The summed E-state index contributed by atoms with van der Waals surface area (Å²) in [5.41, 5.74) is 12.2. The van der Waals surface area contributed by atoms with Crippen molar-refractivity contribution in [3.8, 4) is 11.3 Å². The van der Waals surface area contributed by atoms with E-state index in [0.29, 0.717) is 0 Å². The number of para-hydroxylation sites is 1. The molecule has 40 heavy (non-hydrogen) atoms. The predicted octanol–water partition coefficient (Wildman–Crippen LogP) is 9.27. The number of nitrogens with one attached hydrogen (secondary N) is 1. The summed E-state index contributed by atoms with van der Waals surface area (Å²) < 4.78 is 2.35. The summed E-state index contributed by atoms with van der Waals surface area (Å²) in [5.74, 6) is 1.10. The zero-order valence-corrected chi connectivity index (χ0v) is 22.8. The van der Waals surface area contributed by atoms with Gasteiger partial charge in [0.2, 0.25) is 5.96 Å². The minimum atomic E-state index is -0.0880. The van der Waals surface area contributed by atoms with Crippen molar-refractivity contribution in [3.05, 3.63) is 155 Å². The summed E-state index contributed by atoms with van der Waals surface area (Å²) >= 11 is 0. The average Bonchev–Trinajstić information content (AvgIpc) is 3.61. The maximum absolute atomic E-state index is 5.41. The van der Waals surface area contributed by atoms with Crippen molar-refractivity contribution in [1.29, 1.82) is 0 Å². The Labute approximate surface area is 235 Å². The van der Waals surface area contributed by atoms with Crippen LogP contribution in [0.3, 0.4) is 0 Å². The van der Waals surface area contributed by atoms with Crippen LogP contribution in [0.4, 0.5) is 5.69 Å². The number of benzene rings is 4. The summed E-state index contributed by atoms with van der Waals surface area (Å²) in [6.45, 7) is 4.00. The van der Waals surface area contributed by atoms with Crippen LogP contribution in [0.2, 0.25) is 0 Å². The third-order valence-electron chi connectivity index (χ3n) is 7.90. The molecule has 1 N–H and O–H groups in total. The van der Waals surface area contributed by atoms with Crippen molar-refractivity contribution in [1.82, 2.24) is 4.57 Å². The van der Waals surface area contributed by atoms with E-state index in [1.807, 2.05) is 13.8 Å². The SMILES string of the molecule is C1=CC2C(=Cc3ccccc32)c2c1cc(-c1ccccc1)n2C1=NC(c2ccccc2)c2ccccc2N1.CC. The van der Waals surface area contributed by atoms with E-state index in [0.717, 1.165) is 17.3 Å². The van der Waals surface area contributed by atoms with Crippen LogP contribution in [0.15, 0.2) is 126 Å². The quantitative estimate of drug-likeness (QED) is 0.248. The third kappa shape index (κ3) is 3.85. The minimum Gasteiger partial charge on any atom is -0.325 e. The second-order valence-electron chi connectivity index (χ2n) is 10.1. The van der Waals surface area contributed by atoms with Crippen molar-refractivity contribution in [2.45, 2.75) is 25.8 Å². The fraction of sp³-hybridized carbons (Fsp3) is 0.108. The molecule has 2 atom stereocenters. The summed E-state index contributed by atoms with van der Waals surface area (Å²) in [7, 11) is 0. The molecular weight excluding hydrogens is 486 g/mol. The number of hydrogen-bond donors (Lipinski definition) is 1. The van der Waals surface area contributed by atoms with E-state index >= 15 is 0 Å². The molecule has 194 valence electrons. The van der Waals surface area contributed by atoms with E-state index in [9.17, 15) is 0 Å². The molecule has 1 aromatic heterocycles. The third-order valence-corrected chi connectivity index (χ3v) is 7.90.